The summed E-state index contributed by atoms with van der Waals surface area (Å²) in [5.74, 6) is -1.43. The van der Waals surface area contributed by atoms with Crippen molar-refractivity contribution in [2.24, 2.45) is 5.41 Å². The molecule has 1 aromatic rings. The number of nitrogens with one attached hydrogen (secondary N) is 2. The second-order valence-corrected chi connectivity index (χ2v) is 14.7. The van der Waals surface area contributed by atoms with E-state index in [-0.39, 0.29) is 35.8 Å². The number of carbonyl (C=O) groups is 3. The van der Waals surface area contributed by atoms with Crippen molar-refractivity contribution in [1.82, 2.24) is 5.32 Å². The first-order valence-electron chi connectivity index (χ1n) is 13.2. The normalized spacial score (nSPS) is 16.9. The zero-order valence-electron chi connectivity index (χ0n) is 24.1. The van der Waals surface area contributed by atoms with E-state index in [0.29, 0.717) is 6.42 Å². The zero-order valence-corrected chi connectivity index (χ0v) is 24.9. The summed E-state index contributed by atoms with van der Waals surface area (Å²) < 4.78 is 37.7. The molecule has 1 aliphatic carbocycles. The van der Waals surface area contributed by atoms with Crippen molar-refractivity contribution in [2.45, 2.75) is 90.9 Å². The highest BCUT2D eigenvalue weighted by Gasteiger charge is 2.39. The van der Waals surface area contributed by atoms with Crippen molar-refractivity contribution in [2.75, 3.05) is 18.1 Å². The maximum atomic E-state index is 13.2. The molecule has 2 atom stereocenters. The van der Waals surface area contributed by atoms with Gasteiger partial charge in [-0.25, -0.2) is 18.6 Å². The number of ether oxygens (including phenoxy) is 3. The first-order chi connectivity index (χ1) is 18.3. The minimum Gasteiger partial charge on any atom is -0.462 e. The van der Waals surface area contributed by atoms with Gasteiger partial charge in [-0.1, -0.05) is 6.42 Å². The molecule has 40 heavy (non-hydrogen) atoms. The van der Waals surface area contributed by atoms with Crippen LogP contribution in [-0.2, 0) is 28.7 Å². The number of nitro benzene ring substituents is 1. The van der Waals surface area contributed by atoms with Gasteiger partial charge in [-0.05, 0) is 79.4 Å². The highest BCUT2D eigenvalue weighted by molar-refractivity contribution is 7.92. The smallest absolute Gasteiger partial charge is 0.408 e. The average molecular weight is 584 g/mol. The molecule has 2 rings (SSSR count). The van der Waals surface area contributed by atoms with E-state index in [0.717, 1.165) is 19.3 Å². The van der Waals surface area contributed by atoms with Crippen LogP contribution in [0.3, 0.4) is 0 Å². The number of amides is 1. The van der Waals surface area contributed by atoms with Gasteiger partial charge >= 0.3 is 18.0 Å². The van der Waals surface area contributed by atoms with Gasteiger partial charge in [0.1, 0.15) is 17.2 Å². The van der Waals surface area contributed by atoms with E-state index in [1.165, 1.54) is 24.3 Å². The molecule has 2 N–H and O–H groups in total. The summed E-state index contributed by atoms with van der Waals surface area (Å²) in [4.78, 5) is 47.8. The maximum absolute atomic E-state index is 13.2. The van der Waals surface area contributed by atoms with Crippen molar-refractivity contribution in [3.63, 3.8) is 0 Å². The van der Waals surface area contributed by atoms with Gasteiger partial charge in [-0.3, -0.25) is 14.9 Å². The molecule has 0 spiro atoms. The van der Waals surface area contributed by atoms with Gasteiger partial charge in [0.05, 0.1) is 17.1 Å². The summed E-state index contributed by atoms with van der Waals surface area (Å²) >= 11 is 0. The maximum Gasteiger partial charge on any atom is 0.408 e. The van der Waals surface area contributed by atoms with E-state index in [1.54, 1.807) is 41.5 Å². The highest BCUT2D eigenvalue weighted by atomic mass is 32.2. The largest absolute Gasteiger partial charge is 0.462 e. The fourth-order valence-corrected chi connectivity index (χ4v) is 5.61. The van der Waals surface area contributed by atoms with Crippen molar-refractivity contribution in [1.29, 1.82) is 4.78 Å². The number of hydrogen-bond donors (Lipinski definition) is 2. The Labute approximate surface area is 235 Å². The molecule has 0 radical (unpaired) electrons. The monoisotopic (exact) mass is 583 g/mol. The van der Waals surface area contributed by atoms with Crippen LogP contribution in [0.1, 0.15) is 84.0 Å². The molecule has 0 aliphatic heterocycles. The lowest BCUT2D eigenvalue weighted by atomic mass is 9.67. The van der Waals surface area contributed by atoms with E-state index in [4.69, 9.17) is 19.0 Å². The summed E-state index contributed by atoms with van der Waals surface area (Å²) in [5.41, 5.74) is -1.94. The number of nitro groups is 1. The van der Waals surface area contributed by atoms with Gasteiger partial charge in [0.25, 0.3) is 5.69 Å². The lowest BCUT2D eigenvalue weighted by Crippen LogP contribution is -2.46. The van der Waals surface area contributed by atoms with Crippen molar-refractivity contribution < 1.29 is 37.7 Å². The third kappa shape index (κ3) is 11.1. The molecular weight excluding hydrogens is 542 g/mol. The molecule has 224 valence electrons. The van der Waals surface area contributed by atoms with Crippen LogP contribution in [0.4, 0.5) is 10.5 Å². The van der Waals surface area contributed by atoms with E-state index < -0.39 is 55.3 Å². The third-order valence-electron chi connectivity index (χ3n) is 6.32. The SMILES string of the molecule is CC(C)(C)OC(=O)N[C@@H](CC[S@@](=N)(=O)CCC1(COC(=O)c2ccc([N+](=O)[O-])cc2)CCC1)C(=O)OC(C)(C)C. The van der Waals surface area contributed by atoms with Gasteiger partial charge in [-0.2, -0.15) is 0 Å². The number of hydrogen-bond acceptors (Lipinski definition) is 10. The summed E-state index contributed by atoms with van der Waals surface area (Å²) in [6.45, 7) is 10.2. The molecule has 1 saturated carbocycles. The minimum atomic E-state index is -3.14. The molecule has 1 amide bonds. The second kappa shape index (κ2) is 13.0. The standard InChI is InChI=1S/C27H41N3O9S/c1-25(2,3)38-23(32)21(29-24(33)39-26(4,5)6)12-16-40(28,36)17-15-27(13-7-14-27)18-37-22(31)19-8-10-20(11-9-19)30(34)35/h8-11,21,28H,7,12-18H2,1-6H3,(H,29,33)/t21-,40+/m0/s1. The predicted octanol–water partition coefficient (Wildman–Crippen LogP) is 4.98. The van der Waals surface area contributed by atoms with Gasteiger partial charge in [0.15, 0.2) is 0 Å². The molecule has 12 nitrogen and oxygen atoms in total. The van der Waals surface area contributed by atoms with E-state index >= 15 is 0 Å². The van der Waals surface area contributed by atoms with Crippen LogP contribution in [-0.4, -0.2) is 62.5 Å². The van der Waals surface area contributed by atoms with E-state index in [2.05, 4.69) is 5.32 Å². The Hall–Kier alpha value is -3.22. The molecule has 0 unspecified atom stereocenters. The Bertz CT molecular complexity index is 1180. The number of nitrogens with zero attached hydrogens (tertiary/aromatic N) is 1. The van der Waals surface area contributed by atoms with Crippen LogP contribution in [0.2, 0.25) is 0 Å². The summed E-state index contributed by atoms with van der Waals surface area (Å²) in [5, 5.41) is 13.3. The summed E-state index contributed by atoms with van der Waals surface area (Å²) in [6.07, 6.45) is 1.91. The third-order valence-corrected chi connectivity index (χ3v) is 8.08. The van der Waals surface area contributed by atoms with Crippen LogP contribution in [0.15, 0.2) is 24.3 Å². The lowest BCUT2D eigenvalue weighted by Gasteiger charge is -2.41. The van der Waals surface area contributed by atoms with Gasteiger partial charge in [0, 0.05) is 38.8 Å². The van der Waals surface area contributed by atoms with Gasteiger partial charge in [-0.15, -0.1) is 0 Å². The fourth-order valence-electron chi connectivity index (χ4n) is 4.03. The Balaban J connectivity index is 1.97. The fraction of sp³-hybridized carbons (Fsp3) is 0.667. The Morgan fingerprint density at radius 1 is 1.05 bits per heavy atom. The number of benzene rings is 1. The molecule has 13 heteroatoms. The molecule has 1 aromatic carbocycles. The molecule has 0 bridgehead atoms. The van der Waals surface area contributed by atoms with Crippen LogP contribution in [0.25, 0.3) is 0 Å². The minimum absolute atomic E-state index is 0.0373. The number of esters is 2. The van der Waals surface area contributed by atoms with Crippen LogP contribution in [0.5, 0.6) is 0 Å². The Morgan fingerprint density at radius 2 is 1.62 bits per heavy atom. The van der Waals surface area contributed by atoms with Crippen LogP contribution < -0.4 is 5.32 Å². The van der Waals surface area contributed by atoms with Gasteiger partial charge in [0.2, 0.25) is 0 Å². The van der Waals surface area contributed by atoms with Gasteiger partial charge < -0.3 is 19.5 Å². The highest BCUT2D eigenvalue weighted by Crippen LogP contribution is 2.44. The summed E-state index contributed by atoms with van der Waals surface area (Å²) in [7, 11) is -3.14. The Kier molecular flexibility index (Phi) is 10.7. The topological polar surface area (TPSA) is 175 Å². The van der Waals surface area contributed by atoms with E-state index in [1.807, 2.05) is 0 Å². The number of rotatable bonds is 12. The average Bonchev–Trinajstić information content (AvgIpc) is 2.78. The zero-order chi connectivity index (χ0) is 30.4. The number of carbonyl (C=O) groups excluding carboxylic acids is 3. The predicted molar refractivity (Wildman–Crippen MR) is 148 cm³/mol. The second-order valence-electron chi connectivity index (χ2n) is 12.2. The van der Waals surface area contributed by atoms with Crippen molar-refractivity contribution >= 4 is 33.4 Å². The molecule has 0 saturated heterocycles. The summed E-state index contributed by atoms with van der Waals surface area (Å²) in [6, 6.07) is 3.98. The van der Waals surface area contributed by atoms with Crippen molar-refractivity contribution in [3.05, 3.63) is 39.9 Å². The number of alkyl carbamates (subject to hydrolysis) is 1. The number of non-ortho nitro benzene ring substituents is 1. The molecule has 0 aromatic heterocycles. The molecular formula is C27H41N3O9S. The van der Waals surface area contributed by atoms with Crippen molar-refractivity contribution in [3.8, 4) is 0 Å². The van der Waals surface area contributed by atoms with Crippen LogP contribution >= 0.6 is 0 Å². The quantitative estimate of drug-likeness (QED) is 0.149. The van der Waals surface area contributed by atoms with Crippen LogP contribution in [0, 0.1) is 20.3 Å². The first-order valence-corrected chi connectivity index (χ1v) is 15.1. The molecule has 0 heterocycles. The first kappa shape index (κ1) is 33.0. The molecule has 1 fully saturated rings. The molecule has 1 aliphatic rings. The Morgan fingerprint density at radius 3 is 2.10 bits per heavy atom. The van der Waals surface area contributed by atoms with E-state index in [9.17, 15) is 28.7 Å². The lowest BCUT2D eigenvalue weighted by molar-refractivity contribution is -0.384.